The highest BCUT2D eigenvalue weighted by Crippen LogP contribution is 2.29. The van der Waals surface area contributed by atoms with E-state index in [4.69, 9.17) is 0 Å². The number of alkyl halides is 3. The third kappa shape index (κ3) is 3.92. The summed E-state index contributed by atoms with van der Waals surface area (Å²) in [5.41, 5.74) is 0.714. The van der Waals surface area contributed by atoms with E-state index in [2.05, 4.69) is 0 Å². The zero-order valence-corrected chi connectivity index (χ0v) is 10.9. The van der Waals surface area contributed by atoms with E-state index in [1.165, 1.54) is 11.8 Å². The highest BCUT2D eigenvalue weighted by Gasteiger charge is 2.38. The van der Waals surface area contributed by atoms with Crippen LogP contribution < -0.4 is 0 Å². The van der Waals surface area contributed by atoms with Gasteiger partial charge in [-0.2, -0.15) is 13.2 Å². The second-order valence-corrected chi connectivity index (χ2v) is 4.85. The zero-order valence-electron chi connectivity index (χ0n) is 10.1. The summed E-state index contributed by atoms with van der Waals surface area (Å²) in [7, 11) is 0. The third-order valence-electron chi connectivity index (χ3n) is 2.48. The number of rotatable bonds is 4. The van der Waals surface area contributed by atoms with Crippen molar-refractivity contribution < 1.29 is 13.2 Å². The Morgan fingerprint density at radius 2 is 1.82 bits per heavy atom. The summed E-state index contributed by atoms with van der Waals surface area (Å²) in [6.45, 7) is 3.00. The highest BCUT2D eigenvalue weighted by atomic mass is 32.2. The highest BCUT2D eigenvalue weighted by molar-refractivity contribution is 7.98. The van der Waals surface area contributed by atoms with E-state index in [1.807, 2.05) is 18.4 Å². The van der Waals surface area contributed by atoms with Crippen molar-refractivity contribution in [3.8, 4) is 0 Å². The lowest BCUT2D eigenvalue weighted by molar-refractivity contribution is -0.259. The predicted molar refractivity (Wildman–Crippen MR) is 65.0 cm³/mol. The van der Waals surface area contributed by atoms with Crippen LogP contribution in [0.2, 0.25) is 0 Å². The van der Waals surface area contributed by atoms with E-state index in [-0.39, 0.29) is 6.54 Å². The third-order valence-corrected chi connectivity index (χ3v) is 3.32. The fourth-order valence-electron chi connectivity index (χ4n) is 1.58. The maximum Gasteiger partial charge on any atom is 0.460 e. The minimum Gasteiger partial charge on any atom is -0.208 e. The summed E-state index contributed by atoms with van der Waals surface area (Å²) in [4.78, 5) is 1.43. The van der Waals surface area contributed by atoms with Gasteiger partial charge in [-0.25, -0.2) is 4.90 Å². The molecule has 0 saturated carbocycles. The van der Waals surface area contributed by atoms with Crippen molar-refractivity contribution in [2.45, 2.75) is 37.6 Å². The molecule has 0 aliphatic carbocycles. The van der Waals surface area contributed by atoms with Crippen molar-refractivity contribution in [3.63, 3.8) is 0 Å². The van der Waals surface area contributed by atoms with E-state index in [0.717, 1.165) is 4.90 Å². The van der Waals surface area contributed by atoms with Crippen molar-refractivity contribution in [2.24, 2.45) is 0 Å². The van der Waals surface area contributed by atoms with Crippen LogP contribution in [0.3, 0.4) is 0 Å². The van der Waals surface area contributed by atoms with E-state index in [9.17, 15) is 13.2 Å². The summed E-state index contributed by atoms with van der Waals surface area (Å²) in [5, 5.41) is 0. The Morgan fingerprint density at radius 3 is 2.29 bits per heavy atom. The van der Waals surface area contributed by atoms with Crippen molar-refractivity contribution in [1.29, 1.82) is 0 Å². The molecule has 0 aliphatic heterocycles. The number of halogens is 3. The molecule has 0 saturated heterocycles. The Labute approximate surface area is 104 Å². The first-order valence-electron chi connectivity index (χ1n) is 5.31. The molecule has 0 radical (unpaired) electrons. The quantitative estimate of drug-likeness (QED) is 0.593. The summed E-state index contributed by atoms with van der Waals surface area (Å²) in [6.07, 6.45) is -2.42. The molecule has 1 rings (SSSR count). The van der Waals surface area contributed by atoms with E-state index in [0.29, 0.717) is 10.5 Å². The minimum atomic E-state index is -4.29. The molecular weight excluding hydrogens is 247 g/mol. The van der Waals surface area contributed by atoms with Gasteiger partial charge in [0, 0.05) is 17.5 Å². The van der Waals surface area contributed by atoms with Crippen molar-refractivity contribution >= 4 is 11.8 Å². The van der Waals surface area contributed by atoms with Gasteiger partial charge in [0.2, 0.25) is 0 Å². The number of benzene rings is 1. The van der Waals surface area contributed by atoms with Gasteiger partial charge in [0.1, 0.15) is 0 Å². The number of hydrogen-bond acceptors (Lipinski definition) is 2. The maximum absolute atomic E-state index is 12.8. The molecule has 0 atom stereocenters. The summed E-state index contributed by atoms with van der Waals surface area (Å²) in [5.74, 6) is 0. The van der Waals surface area contributed by atoms with Crippen LogP contribution in [0.5, 0.6) is 0 Å². The average Bonchev–Trinajstić information content (AvgIpc) is 2.24. The second-order valence-electron chi connectivity index (χ2n) is 4.00. The van der Waals surface area contributed by atoms with Crippen molar-refractivity contribution in [1.82, 2.24) is 4.90 Å². The largest absolute Gasteiger partial charge is 0.460 e. The van der Waals surface area contributed by atoms with Crippen LogP contribution in [-0.4, -0.2) is 23.5 Å². The topological polar surface area (TPSA) is 3.24 Å². The lowest BCUT2D eigenvalue weighted by atomic mass is 10.2. The minimum absolute atomic E-state index is 0.0990. The summed E-state index contributed by atoms with van der Waals surface area (Å²) < 4.78 is 38.4. The van der Waals surface area contributed by atoms with Crippen LogP contribution in [0, 0.1) is 0 Å². The smallest absolute Gasteiger partial charge is 0.208 e. The first-order chi connectivity index (χ1) is 7.86. The molecular formula is C12H16F3NS. The molecule has 5 heteroatoms. The number of nitrogens with zero attached hydrogens (tertiary/aromatic N) is 1. The Morgan fingerprint density at radius 1 is 1.24 bits per heavy atom. The van der Waals surface area contributed by atoms with Gasteiger partial charge in [0.25, 0.3) is 0 Å². The fourth-order valence-corrected chi connectivity index (χ4v) is 2.19. The zero-order chi connectivity index (χ0) is 13.1. The molecule has 0 amide bonds. The molecule has 17 heavy (non-hydrogen) atoms. The van der Waals surface area contributed by atoms with Gasteiger partial charge in [-0.15, -0.1) is 11.8 Å². The lowest BCUT2D eigenvalue weighted by Gasteiger charge is -2.29. The first-order valence-corrected chi connectivity index (χ1v) is 6.54. The fraction of sp³-hybridized carbons (Fsp3) is 0.500. The molecule has 0 bridgehead atoms. The van der Waals surface area contributed by atoms with Gasteiger partial charge >= 0.3 is 6.30 Å². The van der Waals surface area contributed by atoms with Gasteiger partial charge in [0.05, 0.1) is 0 Å². The first kappa shape index (κ1) is 14.4. The van der Waals surface area contributed by atoms with Crippen molar-refractivity contribution in [3.05, 3.63) is 29.8 Å². The van der Waals surface area contributed by atoms with Gasteiger partial charge in [-0.3, -0.25) is 0 Å². The monoisotopic (exact) mass is 263 g/mol. The molecule has 0 heterocycles. The number of hydrogen-bond donors (Lipinski definition) is 0. The lowest BCUT2D eigenvalue weighted by Crippen LogP contribution is -2.42. The Bertz CT molecular complexity index is 363. The standard InChI is InChI=1S/C12H16F3NS/c1-9(2)16(12(13,14)15)8-10-6-4-5-7-11(10)17-3/h4-7,9H,8H2,1-3H3. The normalized spacial score (nSPS) is 12.5. The molecule has 0 fully saturated rings. The molecule has 0 unspecified atom stereocenters. The SMILES string of the molecule is CSc1ccccc1CN(C(C)C)C(F)(F)F. The van der Waals surface area contributed by atoms with Crippen LogP contribution in [0.1, 0.15) is 19.4 Å². The van der Waals surface area contributed by atoms with Crippen LogP contribution >= 0.6 is 11.8 Å². The molecule has 0 aromatic heterocycles. The Balaban J connectivity index is 2.94. The Hall–Kier alpha value is -0.680. The molecule has 0 spiro atoms. The van der Waals surface area contributed by atoms with Crippen LogP contribution in [-0.2, 0) is 6.54 Å². The summed E-state index contributed by atoms with van der Waals surface area (Å²) >= 11 is 1.47. The van der Waals surface area contributed by atoms with E-state index in [1.54, 1.807) is 26.0 Å². The van der Waals surface area contributed by atoms with Gasteiger partial charge in [-0.05, 0) is 31.7 Å². The van der Waals surface area contributed by atoms with Gasteiger partial charge in [-0.1, -0.05) is 18.2 Å². The van der Waals surface area contributed by atoms with Gasteiger partial charge < -0.3 is 0 Å². The van der Waals surface area contributed by atoms with Crippen LogP contribution in [0.15, 0.2) is 29.2 Å². The number of thioether (sulfide) groups is 1. The maximum atomic E-state index is 12.8. The molecule has 1 nitrogen and oxygen atoms in total. The average molecular weight is 263 g/mol. The van der Waals surface area contributed by atoms with E-state index >= 15 is 0 Å². The summed E-state index contributed by atoms with van der Waals surface area (Å²) in [6, 6.07) is 6.62. The molecule has 0 N–H and O–H groups in total. The van der Waals surface area contributed by atoms with Crippen LogP contribution in [0.25, 0.3) is 0 Å². The predicted octanol–water partition coefficient (Wildman–Crippen LogP) is 4.14. The van der Waals surface area contributed by atoms with Gasteiger partial charge in [0.15, 0.2) is 0 Å². The molecule has 0 aliphatic rings. The van der Waals surface area contributed by atoms with Crippen molar-refractivity contribution in [2.75, 3.05) is 6.26 Å². The molecule has 1 aromatic carbocycles. The van der Waals surface area contributed by atoms with E-state index < -0.39 is 12.3 Å². The Kier molecular flexibility index (Phi) is 4.89. The van der Waals surface area contributed by atoms with Crippen LogP contribution in [0.4, 0.5) is 13.2 Å². The second kappa shape index (κ2) is 5.78. The molecule has 96 valence electrons. The molecule has 1 aromatic rings.